The maximum atomic E-state index is 12.3. The lowest BCUT2D eigenvalue weighted by Gasteiger charge is -2.16. The van der Waals surface area contributed by atoms with Gasteiger partial charge in [0.05, 0.1) is 43.4 Å². The van der Waals surface area contributed by atoms with Crippen LogP contribution in [0.5, 0.6) is 0 Å². The maximum Gasteiger partial charge on any atom is 0.315 e. The van der Waals surface area contributed by atoms with Crippen LogP contribution < -0.4 is 10.6 Å². The summed E-state index contributed by atoms with van der Waals surface area (Å²) in [7, 11) is 0. The summed E-state index contributed by atoms with van der Waals surface area (Å²) in [6, 6.07) is 0.419. The van der Waals surface area contributed by atoms with Crippen molar-refractivity contribution in [2.75, 3.05) is 44.5 Å². The zero-order valence-electron chi connectivity index (χ0n) is 20.0. The number of imide groups is 1. The van der Waals surface area contributed by atoms with Crippen molar-refractivity contribution < 1.29 is 28.7 Å². The largest absolute Gasteiger partial charge is 0.379 e. The molecule has 3 aliphatic heterocycles. The second kappa shape index (κ2) is 14.6. The Morgan fingerprint density at radius 2 is 1.80 bits per heavy atom. The Kier molecular flexibility index (Phi) is 11.9. The van der Waals surface area contributed by atoms with Crippen LogP contribution >= 0.6 is 39.5 Å². The number of Topliss-reactive ketones (excluding diaryl/α,β-unsaturated/α-hetero) is 1. The van der Waals surface area contributed by atoms with Gasteiger partial charge in [0.2, 0.25) is 0 Å². The van der Waals surface area contributed by atoms with E-state index >= 15 is 0 Å². The van der Waals surface area contributed by atoms with Crippen LogP contribution in [0.15, 0.2) is 9.39 Å². The van der Waals surface area contributed by atoms with Crippen LogP contribution in [-0.2, 0) is 23.9 Å². The third kappa shape index (κ3) is 8.21. The van der Waals surface area contributed by atoms with Crippen LogP contribution in [0.4, 0.5) is 4.79 Å². The first kappa shape index (κ1) is 28.5. The number of rotatable bonds is 17. The number of carbonyl (C=O) groups is 4. The quantitative estimate of drug-likeness (QED) is 0.151. The van der Waals surface area contributed by atoms with E-state index in [0.717, 1.165) is 30.8 Å². The molecule has 0 radical (unpaired) electrons. The fourth-order valence-corrected chi connectivity index (χ4v) is 7.29. The fourth-order valence-electron chi connectivity index (χ4n) is 4.28. The highest BCUT2D eigenvalue weighted by atomic mass is 79.9. The molecule has 0 spiro atoms. The zero-order valence-corrected chi connectivity index (χ0v) is 23.2. The molecule has 0 aliphatic carbocycles. The molecule has 3 rings (SSSR count). The van der Waals surface area contributed by atoms with Crippen molar-refractivity contribution in [2.24, 2.45) is 0 Å². The van der Waals surface area contributed by atoms with E-state index in [0.29, 0.717) is 53.7 Å². The van der Waals surface area contributed by atoms with E-state index in [9.17, 15) is 19.2 Å². The summed E-state index contributed by atoms with van der Waals surface area (Å²) in [6.45, 7) is 3.67. The molecule has 196 valence electrons. The second-order valence-electron chi connectivity index (χ2n) is 8.57. The molecule has 0 bridgehead atoms. The molecule has 2 saturated heterocycles. The number of halogens is 1. The number of amides is 4. The average molecular weight is 593 g/mol. The van der Waals surface area contributed by atoms with Gasteiger partial charge in [-0.1, -0.05) is 13.3 Å². The van der Waals surface area contributed by atoms with Gasteiger partial charge in [-0.2, -0.15) is 11.8 Å². The van der Waals surface area contributed by atoms with Gasteiger partial charge in [-0.25, -0.2) is 4.79 Å². The second-order valence-corrected chi connectivity index (χ2v) is 11.9. The first-order chi connectivity index (χ1) is 16.9. The standard InChI is InChI=1S/C23H34BrN3O6S2/c1-2-34-20-18(24)21(29)27(22(20)30)9-11-33-13-12-32-10-5-7-15(28)6-3-4-8-17-19-16(14-35-17)25-23(31)26-19/h16-17,19H,2-14H2,1H3,(H2,25,26,31)/t16-,17-,19-/m0/s1. The Morgan fingerprint density at radius 1 is 1.06 bits per heavy atom. The van der Waals surface area contributed by atoms with Gasteiger partial charge in [0.25, 0.3) is 11.8 Å². The number of ether oxygens (including phenoxy) is 2. The van der Waals surface area contributed by atoms with E-state index < -0.39 is 0 Å². The third-order valence-electron chi connectivity index (χ3n) is 6.07. The molecule has 0 aromatic carbocycles. The minimum atomic E-state index is -0.318. The van der Waals surface area contributed by atoms with Gasteiger partial charge < -0.3 is 20.1 Å². The third-order valence-corrected chi connectivity index (χ3v) is 9.53. The number of thioether (sulfide) groups is 2. The predicted octanol–water partition coefficient (Wildman–Crippen LogP) is 2.82. The molecule has 0 saturated carbocycles. The molecule has 0 aromatic rings. The summed E-state index contributed by atoms with van der Waals surface area (Å²) in [5.41, 5.74) is 0. The van der Waals surface area contributed by atoms with Crippen molar-refractivity contribution >= 4 is 63.1 Å². The lowest BCUT2D eigenvalue weighted by Crippen LogP contribution is -2.36. The number of carbonyl (C=O) groups excluding carboxylic acids is 4. The summed E-state index contributed by atoms with van der Waals surface area (Å²) in [5.74, 6) is 1.35. The van der Waals surface area contributed by atoms with Crippen LogP contribution in [-0.4, -0.2) is 90.3 Å². The number of unbranched alkanes of at least 4 members (excludes halogenated alkanes) is 1. The highest BCUT2D eigenvalue weighted by Crippen LogP contribution is 2.34. The maximum absolute atomic E-state index is 12.3. The van der Waals surface area contributed by atoms with Crippen molar-refractivity contribution in [2.45, 2.75) is 62.8 Å². The molecule has 0 aromatic heterocycles. The first-order valence-electron chi connectivity index (χ1n) is 12.2. The molecule has 9 nitrogen and oxygen atoms in total. The summed E-state index contributed by atoms with van der Waals surface area (Å²) in [6.07, 6.45) is 4.70. The summed E-state index contributed by atoms with van der Waals surface area (Å²) in [4.78, 5) is 49.6. The number of fused-ring (bicyclic) bond motifs is 1. The Labute approximate surface area is 223 Å². The van der Waals surface area contributed by atoms with E-state index in [4.69, 9.17) is 9.47 Å². The van der Waals surface area contributed by atoms with E-state index in [-0.39, 0.29) is 48.9 Å². The minimum Gasteiger partial charge on any atom is -0.379 e. The number of hydrogen-bond donors (Lipinski definition) is 2. The van der Waals surface area contributed by atoms with Crippen molar-refractivity contribution in [1.82, 2.24) is 15.5 Å². The van der Waals surface area contributed by atoms with Crippen molar-refractivity contribution in [3.8, 4) is 0 Å². The van der Waals surface area contributed by atoms with Crippen LogP contribution in [0.1, 0.15) is 45.4 Å². The van der Waals surface area contributed by atoms with Crippen molar-refractivity contribution in [3.05, 3.63) is 9.39 Å². The Balaban J connectivity index is 1.12. The molecular weight excluding hydrogens is 558 g/mol. The van der Waals surface area contributed by atoms with Crippen LogP contribution in [0.3, 0.4) is 0 Å². The molecule has 0 unspecified atom stereocenters. The molecule has 12 heteroatoms. The van der Waals surface area contributed by atoms with E-state index in [1.54, 1.807) is 0 Å². The first-order valence-corrected chi connectivity index (χ1v) is 15.0. The molecular formula is C23H34BrN3O6S2. The van der Waals surface area contributed by atoms with E-state index in [1.165, 1.54) is 16.7 Å². The smallest absolute Gasteiger partial charge is 0.315 e. The van der Waals surface area contributed by atoms with Crippen molar-refractivity contribution in [3.63, 3.8) is 0 Å². The molecule has 3 heterocycles. The van der Waals surface area contributed by atoms with Gasteiger partial charge in [0.15, 0.2) is 0 Å². The Bertz CT molecular complexity index is 827. The number of urea groups is 1. The minimum absolute atomic E-state index is 0.0598. The lowest BCUT2D eigenvalue weighted by molar-refractivity contribution is -0.138. The topological polar surface area (TPSA) is 114 Å². The van der Waals surface area contributed by atoms with Gasteiger partial charge in [-0.15, -0.1) is 11.8 Å². The van der Waals surface area contributed by atoms with Gasteiger partial charge in [0.1, 0.15) is 10.3 Å². The van der Waals surface area contributed by atoms with Crippen LogP contribution in [0.25, 0.3) is 0 Å². The summed E-state index contributed by atoms with van der Waals surface area (Å²) >= 11 is 6.47. The monoisotopic (exact) mass is 591 g/mol. The highest BCUT2D eigenvalue weighted by molar-refractivity contribution is 9.12. The molecule has 4 amide bonds. The molecule has 2 fully saturated rings. The average Bonchev–Trinajstić information content (AvgIpc) is 3.44. The summed E-state index contributed by atoms with van der Waals surface area (Å²) in [5, 5.41) is 6.39. The molecule has 3 atom stereocenters. The van der Waals surface area contributed by atoms with Crippen LogP contribution in [0.2, 0.25) is 0 Å². The lowest BCUT2D eigenvalue weighted by atomic mass is 10.0. The number of nitrogens with one attached hydrogen (secondary N) is 2. The van der Waals surface area contributed by atoms with E-state index in [1.807, 2.05) is 18.7 Å². The van der Waals surface area contributed by atoms with Gasteiger partial charge in [-0.05, 0) is 40.9 Å². The van der Waals surface area contributed by atoms with Crippen molar-refractivity contribution in [1.29, 1.82) is 0 Å². The molecule has 3 aliphatic rings. The van der Waals surface area contributed by atoms with Crippen LogP contribution in [0, 0.1) is 0 Å². The normalized spacial score (nSPS) is 23.8. The number of hydrogen-bond acceptors (Lipinski definition) is 8. The van der Waals surface area contributed by atoms with Gasteiger partial charge in [0, 0.05) is 30.5 Å². The molecule has 35 heavy (non-hydrogen) atoms. The predicted molar refractivity (Wildman–Crippen MR) is 141 cm³/mol. The van der Waals surface area contributed by atoms with Gasteiger partial charge in [-0.3, -0.25) is 19.3 Å². The number of ketones is 1. The number of nitrogens with zero attached hydrogens (tertiary/aromatic N) is 1. The highest BCUT2D eigenvalue weighted by Gasteiger charge is 2.42. The van der Waals surface area contributed by atoms with Gasteiger partial charge >= 0.3 is 6.03 Å². The Morgan fingerprint density at radius 3 is 2.57 bits per heavy atom. The summed E-state index contributed by atoms with van der Waals surface area (Å²) < 4.78 is 11.3. The zero-order chi connectivity index (χ0) is 25.2. The molecule has 2 N–H and O–H groups in total. The fraction of sp³-hybridized carbons (Fsp3) is 0.739. The SMILES string of the molecule is CCSC1=C(Br)C(=O)N(CCOCCOCCCC(=O)CCCC[C@@H]2SC[C@@H]3NC(=O)N[C@@H]32)C1=O. The Hall–Kier alpha value is -1.08. The van der Waals surface area contributed by atoms with E-state index in [2.05, 4.69) is 26.6 Å².